The number of hydrogen-bond donors (Lipinski definition) is 3. The highest BCUT2D eigenvalue weighted by Crippen LogP contribution is 2.41. The lowest BCUT2D eigenvalue weighted by atomic mass is 9.77. The van der Waals surface area contributed by atoms with E-state index in [4.69, 9.17) is 19.7 Å². The highest BCUT2D eigenvalue weighted by Gasteiger charge is 2.41. The zero-order valence-electron chi connectivity index (χ0n) is 16.9. The first-order valence-corrected chi connectivity index (χ1v) is 10.5. The molecule has 1 saturated heterocycles. The topological polar surface area (TPSA) is 105 Å². The van der Waals surface area contributed by atoms with Crippen LogP contribution in [-0.4, -0.2) is 54.8 Å². The van der Waals surface area contributed by atoms with Gasteiger partial charge in [-0.1, -0.05) is 0 Å². The Kier molecular flexibility index (Phi) is 3.92. The van der Waals surface area contributed by atoms with Crippen LogP contribution in [0.4, 0.5) is 11.8 Å². The number of H-pyrrole nitrogens is 1. The maximum absolute atomic E-state index is 5.83. The average Bonchev–Trinajstić information content (AvgIpc) is 3.39. The van der Waals surface area contributed by atoms with E-state index in [1.807, 2.05) is 31.6 Å². The SMILES string of the molecule is CNc1nc(N[C@H]2CC[C@]3(CCO3)CC2)nc2[nH]cc(-c3ccn4nccc4n3)c12. The molecule has 0 atom stereocenters. The lowest BCUT2D eigenvalue weighted by Crippen LogP contribution is -2.48. The van der Waals surface area contributed by atoms with Crippen LogP contribution in [-0.2, 0) is 4.74 Å². The monoisotopic (exact) mass is 404 g/mol. The fourth-order valence-electron chi connectivity index (χ4n) is 4.70. The first kappa shape index (κ1) is 17.6. The van der Waals surface area contributed by atoms with Gasteiger partial charge in [-0.05, 0) is 38.2 Å². The first-order valence-electron chi connectivity index (χ1n) is 10.5. The molecule has 0 aromatic carbocycles. The van der Waals surface area contributed by atoms with Gasteiger partial charge in [-0.2, -0.15) is 15.1 Å². The minimum atomic E-state index is 0.164. The largest absolute Gasteiger partial charge is 0.375 e. The van der Waals surface area contributed by atoms with E-state index in [1.54, 1.807) is 10.7 Å². The van der Waals surface area contributed by atoms with Crippen LogP contribution in [0.15, 0.2) is 30.7 Å². The van der Waals surface area contributed by atoms with Gasteiger partial charge in [0.2, 0.25) is 5.95 Å². The van der Waals surface area contributed by atoms with Crippen molar-refractivity contribution in [3.8, 4) is 11.3 Å². The van der Waals surface area contributed by atoms with Crippen LogP contribution < -0.4 is 10.6 Å². The summed E-state index contributed by atoms with van der Waals surface area (Å²) in [6, 6.07) is 4.22. The van der Waals surface area contributed by atoms with Gasteiger partial charge in [-0.3, -0.25) is 0 Å². The van der Waals surface area contributed by atoms with Crippen molar-refractivity contribution >= 4 is 28.4 Å². The summed E-state index contributed by atoms with van der Waals surface area (Å²) < 4.78 is 7.58. The van der Waals surface area contributed by atoms with E-state index in [9.17, 15) is 0 Å². The van der Waals surface area contributed by atoms with Crippen molar-refractivity contribution in [2.75, 3.05) is 24.3 Å². The van der Waals surface area contributed by atoms with Crippen LogP contribution >= 0.6 is 0 Å². The predicted octanol–water partition coefficient (Wildman–Crippen LogP) is 3.22. The van der Waals surface area contributed by atoms with Crippen LogP contribution in [0.5, 0.6) is 0 Å². The van der Waals surface area contributed by atoms with Crippen molar-refractivity contribution in [1.29, 1.82) is 0 Å². The summed E-state index contributed by atoms with van der Waals surface area (Å²) >= 11 is 0. The molecule has 4 aromatic heterocycles. The second-order valence-electron chi connectivity index (χ2n) is 8.22. The van der Waals surface area contributed by atoms with E-state index in [1.165, 1.54) is 6.42 Å². The third kappa shape index (κ3) is 2.80. The van der Waals surface area contributed by atoms with Crippen LogP contribution in [0.2, 0.25) is 0 Å². The van der Waals surface area contributed by atoms with Gasteiger partial charge < -0.3 is 20.4 Å². The summed E-state index contributed by atoms with van der Waals surface area (Å²) in [5, 5.41) is 11.9. The first-order chi connectivity index (χ1) is 14.7. The lowest BCUT2D eigenvalue weighted by molar-refractivity contribution is -0.165. The maximum Gasteiger partial charge on any atom is 0.226 e. The van der Waals surface area contributed by atoms with E-state index in [-0.39, 0.29) is 5.60 Å². The van der Waals surface area contributed by atoms with Crippen molar-refractivity contribution in [3.05, 3.63) is 30.7 Å². The Morgan fingerprint density at radius 2 is 2.03 bits per heavy atom. The van der Waals surface area contributed by atoms with E-state index in [0.29, 0.717) is 12.0 Å². The predicted molar refractivity (Wildman–Crippen MR) is 115 cm³/mol. The van der Waals surface area contributed by atoms with Crippen molar-refractivity contribution in [1.82, 2.24) is 29.5 Å². The summed E-state index contributed by atoms with van der Waals surface area (Å²) in [6.45, 7) is 0.918. The Hall–Kier alpha value is -3.20. The normalized spacial score (nSPS) is 23.7. The molecule has 5 heterocycles. The zero-order chi connectivity index (χ0) is 20.1. The Bertz CT molecular complexity index is 1210. The fraction of sp³-hybridized carbons (Fsp3) is 0.429. The molecular formula is C21H24N8O. The molecule has 0 bridgehead atoms. The van der Waals surface area contributed by atoms with Crippen molar-refractivity contribution < 1.29 is 4.74 Å². The second kappa shape index (κ2) is 6.66. The molecule has 6 rings (SSSR count). The molecule has 0 radical (unpaired) electrons. The molecule has 1 spiro atoms. The Morgan fingerprint density at radius 3 is 2.80 bits per heavy atom. The van der Waals surface area contributed by atoms with E-state index in [0.717, 1.165) is 66.0 Å². The van der Waals surface area contributed by atoms with Crippen molar-refractivity contribution in [2.45, 2.75) is 43.7 Å². The maximum atomic E-state index is 5.83. The Balaban J connectivity index is 1.31. The second-order valence-corrected chi connectivity index (χ2v) is 8.22. The van der Waals surface area contributed by atoms with Crippen LogP contribution in [0.1, 0.15) is 32.1 Å². The molecule has 9 nitrogen and oxygen atoms in total. The molecule has 9 heteroatoms. The number of rotatable bonds is 4. The zero-order valence-corrected chi connectivity index (χ0v) is 16.9. The molecule has 0 amide bonds. The number of nitrogens with zero attached hydrogens (tertiary/aromatic N) is 5. The summed E-state index contributed by atoms with van der Waals surface area (Å²) in [4.78, 5) is 17.5. The highest BCUT2D eigenvalue weighted by atomic mass is 16.5. The van der Waals surface area contributed by atoms with Gasteiger partial charge in [0.25, 0.3) is 0 Å². The van der Waals surface area contributed by atoms with Crippen LogP contribution in [0.3, 0.4) is 0 Å². The molecular weight excluding hydrogens is 380 g/mol. The van der Waals surface area contributed by atoms with E-state index >= 15 is 0 Å². The quantitative estimate of drug-likeness (QED) is 0.480. The third-order valence-electron chi connectivity index (χ3n) is 6.50. The van der Waals surface area contributed by atoms with Gasteiger partial charge in [-0.15, -0.1) is 0 Å². The minimum absolute atomic E-state index is 0.164. The van der Waals surface area contributed by atoms with E-state index in [2.05, 4.69) is 20.7 Å². The van der Waals surface area contributed by atoms with Crippen LogP contribution in [0, 0.1) is 0 Å². The van der Waals surface area contributed by atoms with Gasteiger partial charge in [-0.25, -0.2) is 9.50 Å². The number of fused-ring (bicyclic) bond motifs is 2. The molecule has 3 N–H and O–H groups in total. The van der Waals surface area contributed by atoms with Gasteiger partial charge in [0.05, 0.1) is 29.5 Å². The molecule has 1 aliphatic heterocycles. The lowest BCUT2D eigenvalue weighted by Gasteiger charge is -2.46. The molecule has 2 fully saturated rings. The van der Waals surface area contributed by atoms with Crippen LogP contribution in [0.25, 0.3) is 27.9 Å². The smallest absolute Gasteiger partial charge is 0.226 e. The van der Waals surface area contributed by atoms with Gasteiger partial charge in [0.15, 0.2) is 5.65 Å². The molecule has 1 aliphatic carbocycles. The van der Waals surface area contributed by atoms with Gasteiger partial charge >= 0.3 is 0 Å². The summed E-state index contributed by atoms with van der Waals surface area (Å²) in [5.41, 5.74) is 3.57. The standard InChI is InChI=1S/C21H24N8O/c1-22-18-17-14(15-5-10-29-16(26-15)4-9-24-29)12-23-19(17)28-20(27-18)25-13-2-6-21(7-3-13)8-11-30-21/h4-5,9-10,12-13H,2-3,6-8,11H2,1H3,(H3,22,23,25,27,28)/t13-,21+. The fourth-order valence-corrected chi connectivity index (χ4v) is 4.70. The van der Waals surface area contributed by atoms with Gasteiger partial charge in [0.1, 0.15) is 11.5 Å². The third-order valence-corrected chi connectivity index (χ3v) is 6.50. The van der Waals surface area contributed by atoms with Gasteiger partial charge in [0, 0.05) is 37.1 Å². The highest BCUT2D eigenvalue weighted by molar-refractivity contribution is 6.00. The molecule has 154 valence electrons. The number of hydrogen-bond acceptors (Lipinski definition) is 7. The number of anilines is 2. The number of nitrogens with one attached hydrogen (secondary N) is 3. The minimum Gasteiger partial charge on any atom is -0.375 e. The molecule has 2 aliphatic rings. The molecule has 0 unspecified atom stereocenters. The average molecular weight is 404 g/mol. The Morgan fingerprint density at radius 1 is 1.17 bits per heavy atom. The summed E-state index contributed by atoms with van der Waals surface area (Å²) in [6.07, 6.45) is 11.2. The molecule has 4 aromatic rings. The number of aromatic nitrogens is 6. The Labute approximate surface area is 173 Å². The molecule has 1 saturated carbocycles. The molecule has 30 heavy (non-hydrogen) atoms. The summed E-state index contributed by atoms with van der Waals surface area (Å²) in [5.74, 6) is 1.43. The summed E-state index contributed by atoms with van der Waals surface area (Å²) in [7, 11) is 1.88. The van der Waals surface area contributed by atoms with Crippen molar-refractivity contribution in [2.24, 2.45) is 0 Å². The van der Waals surface area contributed by atoms with Crippen molar-refractivity contribution in [3.63, 3.8) is 0 Å². The van der Waals surface area contributed by atoms with E-state index < -0.39 is 0 Å². The number of ether oxygens (including phenoxy) is 1. The number of aromatic amines is 1.